The van der Waals surface area contributed by atoms with Crippen LogP contribution in [0.15, 0.2) is 5.38 Å². The van der Waals surface area contributed by atoms with Gasteiger partial charge in [0.25, 0.3) is 0 Å². The molecule has 50 valence electrons. The van der Waals surface area contributed by atoms with Crippen LogP contribution in [0.1, 0.15) is 24.6 Å². The third-order valence-corrected chi connectivity index (χ3v) is 3.82. The van der Waals surface area contributed by atoms with Crippen LogP contribution in [0.4, 0.5) is 0 Å². The summed E-state index contributed by atoms with van der Waals surface area (Å²) in [5.74, 6) is 0.642. The Morgan fingerprint density at radius 2 is 2.22 bits per heavy atom. The zero-order chi connectivity index (χ0) is 6.85. The van der Waals surface area contributed by atoms with E-state index in [1.807, 2.05) is 0 Å². The Balaban J connectivity index is 2.98. The van der Waals surface area contributed by atoms with Gasteiger partial charge in [-0.05, 0) is 5.92 Å². The topological polar surface area (TPSA) is 0 Å². The van der Waals surface area contributed by atoms with E-state index in [4.69, 9.17) is 12.2 Å². The fourth-order valence-electron chi connectivity index (χ4n) is 0.504. The molecule has 0 amide bonds. The standard InChI is InChI=1S/C6H8S3/c1-4(2)5-3-8-6(7)9-5/h3-4H,1-2H3. The maximum Gasteiger partial charge on any atom is 0.143 e. The molecular weight excluding hydrogens is 168 g/mol. The predicted octanol–water partition coefficient (Wildman–Crippen LogP) is 3.66. The third-order valence-electron chi connectivity index (χ3n) is 1.04. The summed E-state index contributed by atoms with van der Waals surface area (Å²) in [6.45, 7) is 4.38. The van der Waals surface area contributed by atoms with Gasteiger partial charge in [0, 0.05) is 10.3 Å². The molecule has 9 heavy (non-hydrogen) atoms. The van der Waals surface area contributed by atoms with Gasteiger partial charge in [-0.3, -0.25) is 0 Å². The second kappa shape index (κ2) is 2.90. The summed E-state index contributed by atoms with van der Waals surface area (Å²) < 4.78 is 1.04. The Bertz CT molecular complexity index is 230. The van der Waals surface area contributed by atoms with Gasteiger partial charge in [-0.25, -0.2) is 0 Å². The van der Waals surface area contributed by atoms with Crippen molar-refractivity contribution >= 4 is 34.9 Å². The van der Waals surface area contributed by atoms with E-state index in [0.29, 0.717) is 5.92 Å². The normalized spacial score (nSPS) is 10.6. The van der Waals surface area contributed by atoms with Crippen molar-refractivity contribution in [1.82, 2.24) is 0 Å². The van der Waals surface area contributed by atoms with Gasteiger partial charge < -0.3 is 0 Å². The van der Waals surface area contributed by atoms with E-state index in [9.17, 15) is 0 Å². The molecular formula is C6H8S3. The summed E-state index contributed by atoms with van der Waals surface area (Å²) in [4.78, 5) is 1.41. The van der Waals surface area contributed by atoms with E-state index in [0.717, 1.165) is 3.14 Å². The van der Waals surface area contributed by atoms with E-state index < -0.39 is 0 Å². The molecule has 0 aliphatic heterocycles. The van der Waals surface area contributed by atoms with Gasteiger partial charge in [0.05, 0.1) is 0 Å². The predicted molar refractivity (Wildman–Crippen MR) is 47.1 cm³/mol. The average molecular weight is 176 g/mol. The fraction of sp³-hybridized carbons (Fsp3) is 0.500. The maximum absolute atomic E-state index is 4.99. The van der Waals surface area contributed by atoms with Crippen LogP contribution in [0.3, 0.4) is 0 Å². The Kier molecular flexibility index (Phi) is 2.38. The number of hydrogen-bond acceptors (Lipinski definition) is 3. The van der Waals surface area contributed by atoms with Crippen molar-refractivity contribution in [3.63, 3.8) is 0 Å². The van der Waals surface area contributed by atoms with Crippen molar-refractivity contribution in [2.45, 2.75) is 19.8 Å². The maximum atomic E-state index is 4.99. The fourth-order valence-corrected chi connectivity index (χ4v) is 2.81. The smallest absolute Gasteiger partial charge is 0.121 e. The first-order valence-corrected chi connectivity index (χ1v) is 4.89. The van der Waals surface area contributed by atoms with E-state index in [1.165, 1.54) is 4.88 Å². The lowest BCUT2D eigenvalue weighted by atomic mass is 10.2. The largest absolute Gasteiger partial charge is 0.143 e. The molecule has 1 aromatic rings. The zero-order valence-corrected chi connectivity index (χ0v) is 7.83. The first kappa shape index (κ1) is 7.38. The van der Waals surface area contributed by atoms with Gasteiger partial charge in [-0.15, -0.1) is 22.7 Å². The Morgan fingerprint density at radius 3 is 2.44 bits per heavy atom. The summed E-state index contributed by atoms with van der Waals surface area (Å²) in [6, 6.07) is 0. The van der Waals surface area contributed by atoms with Crippen molar-refractivity contribution < 1.29 is 0 Å². The van der Waals surface area contributed by atoms with Gasteiger partial charge in [0.1, 0.15) is 3.14 Å². The van der Waals surface area contributed by atoms with Crippen molar-refractivity contribution in [1.29, 1.82) is 0 Å². The third kappa shape index (κ3) is 1.85. The van der Waals surface area contributed by atoms with Gasteiger partial charge in [-0.2, -0.15) is 0 Å². The van der Waals surface area contributed by atoms with Crippen molar-refractivity contribution in [3.8, 4) is 0 Å². The van der Waals surface area contributed by atoms with E-state index in [-0.39, 0.29) is 0 Å². The minimum absolute atomic E-state index is 0.642. The molecule has 0 saturated heterocycles. The van der Waals surface area contributed by atoms with Gasteiger partial charge >= 0.3 is 0 Å². The average Bonchev–Trinajstić information content (AvgIpc) is 2.14. The minimum atomic E-state index is 0.642. The lowest BCUT2D eigenvalue weighted by Crippen LogP contribution is -1.76. The molecule has 1 rings (SSSR count). The highest BCUT2D eigenvalue weighted by atomic mass is 32.2. The molecule has 0 fully saturated rings. The number of hydrogen-bond donors (Lipinski definition) is 0. The van der Waals surface area contributed by atoms with E-state index in [1.54, 1.807) is 22.7 Å². The minimum Gasteiger partial charge on any atom is -0.121 e. The Labute approximate surface area is 68.2 Å². The van der Waals surface area contributed by atoms with Crippen LogP contribution in [-0.2, 0) is 0 Å². The van der Waals surface area contributed by atoms with Crippen LogP contribution in [0.2, 0.25) is 0 Å². The van der Waals surface area contributed by atoms with Gasteiger partial charge in [-0.1, -0.05) is 26.1 Å². The van der Waals surface area contributed by atoms with Crippen LogP contribution in [0.25, 0.3) is 0 Å². The van der Waals surface area contributed by atoms with Crippen LogP contribution in [-0.4, -0.2) is 0 Å². The highest BCUT2D eigenvalue weighted by molar-refractivity contribution is 7.76. The van der Waals surface area contributed by atoms with Crippen molar-refractivity contribution in [3.05, 3.63) is 13.4 Å². The quantitative estimate of drug-likeness (QED) is 0.588. The lowest BCUT2D eigenvalue weighted by Gasteiger charge is -1.94. The molecule has 0 spiro atoms. The molecule has 0 nitrogen and oxygen atoms in total. The Morgan fingerprint density at radius 1 is 1.56 bits per heavy atom. The summed E-state index contributed by atoms with van der Waals surface area (Å²) >= 11 is 8.38. The first-order valence-electron chi connectivity index (χ1n) is 2.78. The van der Waals surface area contributed by atoms with Crippen LogP contribution in [0, 0.1) is 3.14 Å². The molecule has 0 aliphatic rings. The highest BCUT2D eigenvalue weighted by Gasteiger charge is 1.98. The van der Waals surface area contributed by atoms with Crippen LogP contribution >= 0.6 is 34.9 Å². The molecule has 0 saturated carbocycles. The second-order valence-electron chi connectivity index (χ2n) is 2.14. The molecule has 3 heteroatoms. The molecule has 0 aromatic carbocycles. The summed E-state index contributed by atoms with van der Waals surface area (Å²) in [5.41, 5.74) is 0. The molecule has 0 atom stereocenters. The highest BCUT2D eigenvalue weighted by Crippen LogP contribution is 2.24. The van der Waals surface area contributed by atoms with Crippen molar-refractivity contribution in [2.75, 3.05) is 0 Å². The van der Waals surface area contributed by atoms with E-state index >= 15 is 0 Å². The van der Waals surface area contributed by atoms with Gasteiger partial charge in [0.2, 0.25) is 0 Å². The van der Waals surface area contributed by atoms with Crippen LogP contribution < -0.4 is 0 Å². The molecule has 1 heterocycles. The van der Waals surface area contributed by atoms with E-state index in [2.05, 4.69) is 19.2 Å². The summed E-state index contributed by atoms with van der Waals surface area (Å²) in [6.07, 6.45) is 0. The lowest BCUT2D eigenvalue weighted by molar-refractivity contribution is 0.891. The molecule has 0 radical (unpaired) electrons. The number of rotatable bonds is 1. The first-order chi connectivity index (χ1) is 4.20. The summed E-state index contributed by atoms with van der Waals surface area (Å²) in [5, 5.41) is 2.15. The van der Waals surface area contributed by atoms with Gasteiger partial charge in [0.15, 0.2) is 0 Å². The van der Waals surface area contributed by atoms with Crippen molar-refractivity contribution in [2.24, 2.45) is 0 Å². The SMILES string of the molecule is CC(C)c1csc(=S)s1. The Hall–Kier alpha value is 0.270. The molecule has 0 bridgehead atoms. The van der Waals surface area contributed by atoms with Crippen LogP contribution in [0.5, 0.6) is 0 Å². The molecule has 1 aromatic heterocycles. The molecule has 0 N–H and O–H groups in total. The second-order valence-corrected chi connectivity index (χ2v) is 5.29. The monoisotopic (exact) mass is 176 g/mol. The molecule has 0 aliphatic carbocycles. The molecule has 0 unspecified atom stereocenters. The zero-order valence-electron chi connectivity index (χ0n) is 5.38. The summed E-state index contributed by atoms with van der Waals surface area (Å²) in [7, 11) is 0.